The van der Waals surface area contributed by atoms with Gasteiger partial charge in [-0.3, -0.25) is 9.59 Å². The summed E-state index contributed by atoms with van der Waals surface area (Å²) in [5, 5.41) is 2.62. The molecule has 0 unspecified atom stereocenters. The van der Waals surface area contributed by atoms with Crippen LogP contribution in [0.15, 0.2) is 59.1 Å². The number of hydrogen-bond donors (Lipinski definition) is 1. The lowest BCUT2D eigenvalue weighted by Gasteiger charge is -2.06. The number of hydrogen-bond acceptors (Lipinski definition) is 2. The number of halogens is 1. The molecule has 0 fully saturated rings. The second-order valence-corrected chi connectivity index (χ2v) is 4.81. The Bertz CT molecular complexity index is 596. The second kappa shape index (κ2) is 6.29. The van der Waals surface area contributed by atoms with E-state index in [4.69, 9.17) is 0 Å². The van der Waals surface area contributed by atoms with Crippen molar-refractivity contribution in [3.8, 4) is 0 Å². The Hall–Kier alpha value is -1.94. The maximum Gasteiger partial charge on any atom is 0.252 e. The summed E-state index contributed by atoms with van der Waals surface area (Å²) in [6, 6.07) is 16.0. The van der Waals surface area contributed by atoms with Crippen LogP contribution in [0.2, 0.25) is 0 Å². The molecule has 4 heteroatoms. The molecule has 1 amide bonds. The Morgan fingerprint density at radius 2 is 1.58 bits per heavy atom. The number of Topliss-reactive ketones (excluding diaryl/α,β-unsaturated/α-hetero) is 1. The Morgan fingerprint density at radius 1 is 0.947 bits per heavy atom. The Kier molecular flexibility index (Phi) is 4.47. The van der Waals surface area contributed by atoms with Crippen LogP contribution in [-0.2, 0) is 0 Å². The minimum absolute atomic E-state index is 0.00974. The number of amides is 1. The van der Waals surface area contributed by atoms with E-state index in [-0.39, 0.29) is 18.2 Å². The first kappa shape index (κ1) is 13.5. The van der Waals surface area contributed by atoms with Crippen LogP contribution < -0.4 is 5.32 Å². The third kappa shape index (κ3) is 3.51. The maximum absolute atomic E-state index is 11.9. The highest BCUT2D eigenvalue weighted by molar-refractivity contribution is 9.10. The lowest BCUT2D eigenvalue weighted by atomic mass is 10.1. The normalized spacial score (nSPS) is 9.95. The van der Waals surface area contributed by atoms with Gasteiger partial charge >= 0.3 is 0 Å². The summed E-state index contributed by atoms with van der Waals surface area (Å²) in [5.74, 6) is -0.377. The maximum atomic E-state index is 11.9. The van der Waals surface area contributed by atoms with E-state index in [0.717, 1.165) is 0 Å². The molecular formula is C15H12BrNO2. The summed E-state index contributed by atoms with van der Waals surface area (Å²) in [4.78, 5) is 23.7. The molecule has 0 aliphatic heterocycles. The van der Waals surface area contributed by atoms with Gasteiger partial charge in [-0.15, -0.1) is 0 Å². The molecule has 0 aromatic heterocycles. The topological polar surface area (TPSA) is 46.2 Å². The van der Waals surface area contributed by atoms with Crippen LogP contribution in [0.1, 0.15) is 20.7 Å². The molecule has 96 valence electrons. The molecule has 0 atom stereocenters. The number of rotatable bonds is 4. The number of ketones is 1. The van der Waals surface area contributed by atoms with E-state index in [1.54, 1.807) is 42.5 Å². The molecule has 0 aliphatic rings. The average molecular weight is 318 g/mol. The van der Waals surface area contributed by atoms with Crippen molar-refractivity contribution in [1.29, 1.82) is 0 Å². The fourth-order valence-electron chi connectivity index (χ4n) is 1.63. The van der Waals surface area contributed by atoms with Gasteiger partial charge in [0.05, 0.1) is 12.1 Å². The van der Waals surface area contributed by atoms with E-state index in [0.29, 0.717) is 15.6 Å². The molecule has 2 rings (SSSR count). The quantitative estimate of drug-likeness (QED) is 0.881. The largest absolute Gasteiger partial charge is 0.345 e. The smallest absolute Gasteiger partial charge is 0.252 e. The van der Waals surface area contributed by atoms with Gasteiger partial charge in [0, 0.05) is 10.0 Å². The predicted molar refractivity (Wildman–Crippen MR) is 77.2 cm³/mol. The molecule has 1 N–H and O–H groups in total. The molecule has 2 aromatic rings. The second-order valence-electron chi connectivity index (χ2n) is 3.95. The van der Waals surface area contributed by atoms with Crippen molar-refractivity contribution in [1.82, 2.24) is 5.32 Å². The van der Waals surface area contributed by atoms with Gasteiger partial charge in [0.25, 0.3) is 5.91 Å². The highest BCUT2D eigenvalue weighted by atomic mass is 79.9. The summed E-state index contributed by atoms with van der Waals surface area (Å²) in [6.07, 6.45) is 0. The highest BCUT2D eigenvalue weighted by Crippen LogP contribution is 2.15. The van der Waals surface area contributed by atoms with Gasteiger partial charge < -0.3 is 5.32 Å². The van der Waals surface area contributed by atoms with E-state index < -0.39 is 0 Å². The van der Waals surface area contributed by atoms with Crippen LogP contribution in [0.25, 0.3) is 0 Å². The Labute approximate surface area is 119 Å². The van der Waals surface area contributed by atoms with Crippen LogP contribution in [-0.4, -0.2) is 18.2 Å². The van der Waals surface area contributed by atoms with E-state index in [9.17, 15) is 9.59 Å². The molecule has 0 saturated heterocycles. The van der Waals surface area contributed by atoms with Gasteiger partial charge in [0.1, 0.15) is 0 Å². The standard InChI is InChI=1S/C15H12BrNO2/c16-13-9-5-4-8-12(13)15(19)17-10-14(18)11-6-2-1-3-7-11/h1-9H,10H2,(H,17,19). The molecule has 0 spiro atoms. The molecule has 3 nitrogen and oxygen atoms in total. The molecule has 0 heterocycles. The van der Waals surface area contributed by atoms with Crippen molar-refractivity contribution in [3.05, 3.63) is 70.2 Å². The van der Waals surface area contributed by atoms with Crippen molar-refractivity contribution in [2.75, 3.05) is 6.54 Å². The van der Waals surface area contributed by atoms with Gasteiger partial charge in [0.15, 0.2) is 5.78 Å². The number of carbonyl (C=O) groups excluding carboxylic acids is 2. The first-order chi connectivity index (χ1) is 9.18. The van der Waals surface area contributed by atoms with Gasteiger partial charge in [-0.1, -0.05) is 42.5 Å². The SMILES string of the molecule is O=C(CNC(=O)c1ccccc1Br)c1ccccc1. The van der Waals surface area contributed by atoms with E-state index in [2.05, 4.69) is 21.2 Å². The zero-order valence-corrected chi connectivity index (χ0v) is 11.7. The summed E-state index contributed by atoms with van der Waals surface area (Å²) < 4.78 is 0.708. The first-order valence-electron chi connectivity index (χ1n) is 5.79. The van der Waals surface area contributed by atoms with Gasteiger partial charge in [0.2, 0.25) is 0 Å². The van der Waals surface area contributed by atoms with Gasteiger partial charge in [-0.05, 0) is 28.1 Å². The van der Waals surface area contributed by atoms with E-state index in [1.807, 2.05) is 12.1 Å². The van der Waals surface area contributed by atoms with Crippen molar-refractivity contribution >= 4 is 27.6 Å². The Morgan fingerprint density at radius 3 is 2.26 bits per heavy atom. The molecular weight excluding hydrogens is 306 g/mol. The van der Waals surface area contributed by atoms with Crippen molar-refractivity contribution < 1.29 is 9.59 Å². The van der Waals surface area contributed by atoms with Crippen molar-refractivity contribution in [3.63, 3.8) is 0 Å². The van der Waals surface area contributed by atoms with Crippen molar-refractivity contribution in [2.45, 2.75) is 0 Å². The van der Waals surface area contributed by atoms with Crippen molar-refractivity contribution in [2.24, 2.45) is 0 Å². The van der Waals surface area contributed by atoms with E-state index in [1.165, 1.54) is 0 Å². The summed E-state index contributed by atoms with van der Waals surface area (Å²) in [5.41, 5.74) is 1.11. The van der Waals surface area contributed by atoms with Crippen LogP contribution in [0.4, 0.5) is 0 Å². The van der Waals surface area contributed by atoms with Crippen LogP contribution in [0.3, 0.4) is 0 Å². The Balaban J connectivity index is 1.98. The fraction of sp³-hybridized carbons (Fsp3) is 0.0667. The van der Waals surface area contributed by atoms with Gasteiger partial charge in [-0.25, -0.2) is 0 Å². The molecule has 19 heavy (non-hydrogen) atoms. The highest BCUT2D eigenvalue weighted by Gasteiger charge is 2.11. The summed E-state index contributed by atoms with van der Waals surface area (Å²) in [7, 11) is 0. The zero-order chi connectivity index (χ0) is 13.7. The summed E-state index contributed by atoms with van der Waals surface area (Å²) >= 11 is 3.30. The first-order valence-corrected chi connectivity index (χ1v) is 6.59. The zero-order valence-electron chi connectivity index (χ0n) is 10.1. The third-order valence-corrected chi connectivity index (χ3v) is 3.32. The molecule has 0 aliphatic carbocycles. The number of nitrogens with one attached hydrogen (secondary N) is 1. The summed E-state index contributed by atoms with van der Waals surface area (Å²) in [6.45, 7) is -0.00974. The third-order valence-electron chi connectivity index (χ3n) is 2.62. The van der Waals surface area contributed by atoms with Crippen LogP contribution in [0.5, 0.6) is 0 Å². The molecule has 0 bridgehead atoms. The molecule has 0 radical (unpaired) electrons. The fourth-order valence-corrected chi connectivity index (χ4v) is 2.09. The lowest BCUT2D eigenvalue weighted by molar-refractivity contribution is 0.0903. The number of benzene rings is 2. The number of carbonyl (C=O) groups is 2. The van der Waals surface area contributed by atoms with E-state index >= 15 is 0 Å². The minimum atomic E-state index is -0.267. The van der Waals surface area contributed by atoms with Gasteiger partial charge in [-0.2, -0.15) is 0 Å². The monoisotopic (exact) mass is 317 g/mol. The lowest BCUT2D eigenvalue weighted by Crippen LogP contribution is -2.29. The molecule has 2 aromatic carbocycles. The molecule has 0 saturated carbocycles. The predicted octanol–water partition coefficient (Wildman–Crippen LogP) is 3.06. The van der Waals surface area contributed by atoms with Crippen LogP contribution in [0, 0.1) is 0 Å². The average Bonchev–Trinajstić information content (AvgIpc) is 2.46. The van der Waals surface area contributed by atoms with Crippen LogP contribution >= 0.6 is 15.9 Å². The minimum Gasteiger partial charge on any atom is -0.345 e.